The molecule has 4 aromatic rings. The summed E-state index contributed by atoms with van der Waals surface area (Å²) in [5.74, 6) is -0.549. The van der Waals surface area contributed by atoms with E-state index in [1.54, 1.807) is 24.3 Å². The largest absolute Gasteiger partial charge is 0.494 e. The average molecular weight is 584 g/mol. The van der Waals surface area contributed by atoms with Crippen LogP contribution in [0.5, 0.6) is 5.75 Å². The molecule has 0 aliphatic heterocycles. The average Bonchev–Trinajstić information content (AvgIpc) is 3.53. The minimum Gasteiger partial charge on any atom is -0.494 e. The van der Waals surface area contributed by atoms with E-state index in [2.05, 4.69) is 5.32 Å². The second kappa shape index (κ2) is 13.9. The van der Waals surface area contributed by atoms with Crippen molar-refractivity contribution < 1.29 is 23.5 Å². The number of rotatable bonds is 12. The van der Waals surface area contributed by atoms with E-state index in [-0.39, 0.29) is 29.0 Å². The Morgan fingerprint density at radius 1 is 0.930 bits per heavy atom. The number of nitrogens with one attached hydrogen (secondary N) is 1. The molecule has 222 valence electrons. The van der Waals surface area contributed by atoms with E-state index in [0.717, 1.165) is 31.2 Å². The maximum atomic E-state index is 13.3. The van der Waals surface area contributed by atoms with Gasteiger partial charge < -0.3 is 20.5 Å². The van der Waals surface area contributed by atoms with Gasteiger partial charge in [0.15, 0.2) is 5.78 Å². The molecule has 0 bridgehead atoms. The minimum atomic E-state index is -0.546. The smallest absolute Gasteiger partial charge is 0.328 e. The summed E-state index contributed by atoms with van der Waals surface area (Å²) >= 11 is 0. The van der Waals surface area contributed by atoms with E-state index in [4.69, 9.17) is 15.2 Å². The van der Waals surface area contributed by atoms with Crippen LogP contribution >= 0.6 is 0 Å². The van der Waals surface area contributed by atoms with Gasteiger partial charge in [-0.3, -0.25) is 14.2 Å². The number of esters is 1. The van der Waals surface area contributed by atoms with Gasteiger partial charge in [0.2, 0.25) is 0 Å². The Bertz CT molecular complexity index is 1600. The molecule has 1 aliphatic rings. The van der Waals surface area contributed by atoms with Crippen molar-refractivity contribution in [2.24, 2.45) is 0 Å². The lowest BCUT2D eigenvalue weighted by Crippen LogP contribution is -2.33. The standard InChI is InChI=1S/C34H34FN3O5/c35-25-13-11-24(12-14-25)32(40)29-19-20-30(39)38(33(29)36)26-15-17-27(18-16-26)42-22-6-21-37-31(23-7-2-1-3-8-23)34(41)43-28-9-4-5-10-28/h1-3,7-8,11-20,28,31,37H,4-6,9-10,21-22,36H2. The highest BCUT2D eigenvalue weighted by molar-refractivity contribution is 6.11. The topological polar surface area (TPSA) is 113 Å². The van der Waals surface area contributed by atoms with Gasteiger partial charge in [-0.1, -0.05) is 30.3 Å². The van der Waals surface area contributed by atoms with E-state index in [0.29, 0.717) is 31.0 Å². The highest BCUT2D eigenvalue weighted by Crippen LogP contribution is 2.24. The second-order valence-electron chi connectivity index (χ2n) is 10.5. The molecule has 1 aliphatic carbocycles. The third kappa shape index (κ3) is 7.37. The van der Waals surface area contributed by atoms with Gasteiger partial charge in [0.1, 0.15) is 29.5 Å². The summed E-state index contributed by atoms with van der Waals surface area (Å²) in [6, 6.07) is 23.6. The lowest BCUT2D eigenvalue weighted by Gasteiger charge is -2.20. The Morgan fingerprint density at radius 2 is 1.63 bits per heavy atom. The Labute approximate surface area is 249 Å². The number of pyridine rings is 1. The van der Waals surface area contributed by atoms with Crippen molar-refractivity contribution in [3.05, 3.63) is 124 Å². The SMILES string of the molecule is Nc1c(C(=O)c2ccc(F)cc2)ccc(=O)n1-c1ccc(OCCCNC(C(=O)OC2CCCC2)c2ccccc2)cc1. The molecule has 0 spiro atoms. The summed E-state index contributed by atoms with van der Waals surface area (Å²) < 4.78 is 26.2. The molecule has 0 saturated heterocycles. The lowest BCUT2D eigenvalue weighted by atomic mass is 10.0. The quantitative estimate of drug-likeness (QED) is 0.131. The van der Waals surface area contributed by atoms with Gasteiger partial charge in [-0.15, -0.1) is 0 Å². The first-order chi connectivity index (χ1) is 20.9. The first-order valence-electron chi connectivity index (χ1n) is 14.4. The number of carbonyl (C=O) groups excluding carboxylic acids is 2. The number of hydrogen-bond donors (Lipinski definition) is 2. The number of ether oxygens (including phenoxy) is 2. The Morgan fingerprint density at radius 3 is 2.33 bits per heavy atom. The number of ketones is 1. The zero-order valence-electron chi connectivity index (χ0n) is 23.7. The molecule has 1 heterocycles. The molecule has 3 N–H and O–H groups in total. The third-order valence-electron chi connectivity index (χ3n) is 7.47. The highest BCUT2D eigenvalue weighted by atomic mass is 19.1. The summed E-state index contributed by atoms with van der Waals surface area (Å²) in [4.78, 5) is 38.6. The van der Waals surface area contributed by atoms with Crippen molar-refractivity contribution in [1.82, 2.24) is 9.88 Å². The Hall–Kier alpha value is -4.76. The number of benzene rings is 3. The molecule has 8 nitrogen and oxygen atoms in total. The van der Waals surface area contributed by atoms with Crippen LogP contribution in [-0.4, -0.2) is 35.6 Å². The predicted octanol–water partition coefficient (Wildman–Crippen LogP) is 5.38. The van der Waals surface area contributed by atoms with Gasteiger partial charge in [0.25, 0.3) is 5.56 Å². The fourth-order valence-corrected chi connectivity index (χ4v) is 5.19. The van der Waals surface area contributed by atoms with E-state index in [9.17, 15) is 18.8 Å². The lowest BCUT2D eigenvalue weighted by molar-refractivity contribution is -0.151. The number of hydrogen-bond acceptors (Lipinski definition) is 7. The van der Waals surface area contributed by atoms with Crippen molar-refractivity contribution >= 4 is 17.6 Å². The van der Waals surface area contributed by atoms with Crippen LogP contribution in [0.4, 0.5) is 10.2 Å². The van der Waals surface area contributed by atoms with Gasteiger partial charge in [0, 0.05) is 11.6 Å². The van der Waals surface area contributed by atoms with E-state index in [1.165, 1.54) is 41.0 Å². The predicted molar refractivity (Wildman–Crippen MR) is 162 cm³/mol. The van der Waals surface area contributed by atoms with Crippen LogP contribution < -0.4 is 21.3 Å². The first kappa shape index (κ1) is 29.7. The molecular weight excluding hydrogens is 549 g/mol. The molecule has 5 rings (SSSR count). The van der Waals surface area contributed by atoms with Crippen LogP contribution in [0.1, 0.15) is 59.6 Å². The monoisotopic (exact) mass is 583 g/mol. The molecule has 1 aromatic heterocycles. The van der Waals surface area contributed by atoms with Crippen molar-refractivity contribution in [3.8, 4) is 11.4 Å². The number of nitrogens with zero attached hydrogens (tertiary/aromatic N) is 1. The van der Waals surface area contributed by atoms with Crippen molar-refractivity contribution in [3.63, 3.8) is 0 Å². The normalized spacial score (nSPS) is 13.9. The van der Waals surface area contributed by atoms with E-state index >= 15 is 0 Å². The molecule has 0 radical (unpaired) electrons. The summed E-state index contributed by atoms with van der Waals surface area (Å²) in [7, 11) is 0. The molecule has 43 heavy (non-hydrogen) atoms. The number of nitrogens with two attached hydrogens (primary N) is 1. The number of nitrogen functional groups attached to an aromatic ring is 1. The molecular formula is C34H34FN3O5. The third-order valence-corrected chi connectivity index (χ3v) is 7.47. The van der Waals surface area contributed by atoms with Crippen LogP contribution in [0.15, 0.2) is 95.8 Å². The van der Waals surface area contributed by atoms with Crippen LogP contribution in [0.2, 0.25) is 0 Å². The summed E-state index contributed by atoms with van der Waals surface area (Å²) in [5.41, 5.74) is 7.60. The van der Waals surface area contributed by atoms with Crippen LogP contribution in [-0.2, 0) is 9.53 Å². The van der Waals surface area contributed by atoms with Crippen LogP contribution in [0, 0.1) is 5.82 Å². The van der Waals surface area contributed by atoms with E-state index < -0.39 is 23.2 Å². The zero-order valence-corrected chi connectivity index (χ0v) is 23.7. The highest BCUT2D eigenvalue weighted by Gasteiger charge is 2.26. The van der Waals surface area contributed by atoms with Gasteiger partial charge in [-0.2, -0.15) is 0 Å². The van der Waals surface area contributed by atoms with Crippen molar-refractivity contribution in [1.29, 1.82) is 0 Å². The van der Waals surface area contributed by atoms with Crippen LogP contribution in [0.3, 0.4) is 0 Å². The summed E-state index contributed by atoms with van der Waals surface area (Å²) in [6.45, 7) is 0.938. The molecule has 1 unspecified atom stereocenters. The zero-order chi connectivity index (χ0) is 30.2. The first-order valence-corrected chi connectivity index (χ1v) is 14.4. The van der Waals surface area contributed by atoms with Crippen molar-refractivity contribution in [2.75, 3.05) is 18.9 Å². The molecule has 0 amide bonds. The van der Waals surface area contributed by atoms with Gasteiger partial charge in [-0.05, 0) is 98.8 Å². The number of anilines is 1. The second-order valence-corrected chi connectivity index (χ2v) is 10.5. The Kier molecular flexibility index (Phi) is 9.63. The number of aromatic nitrogens is 1. The molecule has 1 saturated carbocycles. The molecule has 1 atom stereocenters. The fraction of sp³-hybridized carbons (Fsp3) is 0.265. The van der Waals surface area contributed by atoms with E-state index in [1.807, 2.05) is 30.3 Å². The number of halogens is 1. The van der Waals surface area contributed by atoms with Crippen molar-refractivity contribution in [2.45, 2.75) is 44.2 Å². The van der Waals surface area contributed by atoms with Gasteiger partial charge in [-0.25, -0.2) is 9.18 Å². The maximum Gasteiger partial charge on any atom is 0.328 e. The maximum absolute atomic E-state index is 13.3. The van der Waals surface area contributed by atoms with Gasteiger partial charge >= 0.3 is 5.97 Å². The minimum absolute atomic E-state index is 0.00390. The summed E-state index contributed by atoms with van der Waals surface area (Å²) in [6.07, 6.45) is 4.65. The number of carbonyl (C=O) groups is 2. The van der Waals surface area contributed by atoms with Crippen LogP contribution in [0.25, 0.3) is 5.69 Å². The summed E-state index contributed by atoms with van der Waals surface area (Å²) in [5, 5.41) is 3.32. The molecule has 9 heteroatoms. The Balaban J connectivity index is 1.18. The molecule has 3 aromatic carbocycles. The van der Waals surface area contributed by atoms with Gasteiger partial charge in [0.05, 0.1) is 17.9 Å². The molecule has 1 fully saturated rings. The fourth-order valence-electron chi connectivity index (χ4n) is 5.19.